The van der Waals surface area contributed by atoms with Gasteiger partial charge in [-0.25, -0.2) is 4.39 Å². The molecule has 0 saturated carbocycles. The Labute approximate surface area is 84.5 Å². The quantitative estimate of drug-likeness (QED) is 0.712. The van der Waals surface area contributed by atoms with Crippen molar-refractivity contribution in [1.29, 1.82) is 0 Å². The summed E-state index contributed by atoms with van der Waals surface area (Å²) in [5.74, 6) is -2.20. The maximum Gasteiger partial charge on any atom is 0.201 e. The summed E-state index contributed by atoms with van der Waals surface area (Å²) in [7, 11) is 0. The molecule has 78 valence electrons. The summed E-state index contributed by atoms with van der Waals surface area (Å²) < 4.78 is 31.0. The largest absolute Gasteiger partial charge is 0.450 e. The van der Waals surface area contributed by atoms with Gasteiger partial charge in [-0.3, -0.25) is 4.79 Å². The van der Waals surface area contributed by atoms with Crippen LogP contribution in [0.4, 0.5) is 8.78 Å². The lowest BCUT2D eigenvalue weighted by atomic mass is 10.2. The van der Waals surface area contributed by atoms with E-state index >= 15 is 0 Å². The van der Waals surface area contributed by atoms with Crippen LogP contribution in [-0.2, 0) is 0 Å². The van der Waals surface area contributed by atoms with E-state index in [1.807, 2.05) is 0 Å². The molecule has 0 N–H and O–H groups in total. The van der Waals surface area contributed by atoms with Crippen molar-refractivity contribution in [2.45, 2.75) is 13.3 Å². The zero-order valence-corrected chi connectivity index (χ0v) is 8.01. The standard InChI is InChI=1S/C11H8F2O2/c1-2-8(14)9-5-6-3-4-7(12)10(13)11(6)15-9/h3-5H,2H2,1H3. The van der Waals surface area contributed by atoms with Crippen molar-refractivity contribution in [2.75, 3.05) is 0 Å². The summed E-state index contributed by atoms with van der Waals surface area (Å²) in [6.07, 6.45) is 0.268. The van der Waals surface area contributed by atoms with Gasteiger partial charge in [0.25, 0.3) is 0 Å². The first kappa shape index (κ1) is 9.83. The van der Waals surface area contributed by atoms with Crippen LogP contribution in [0.3, 0.4) is 0 Å². The zero-order valence-electron chi connectivity index (χ0n) is 8.01. The van der Waals surface area contributed by atoms with Crippen molar-refractivity contribution < 1.29 is 18.0 Å². The number of furan rings is 1. The molecular weight excluding hydrogens is 202 g/mol. The Morgan fingerprint density at radius 2 is 2.13 bits per heavy atom. The van der Waals surface area contributed by atoms with Crippen LogP contribution in [0.25, 0.3) is 11.0 Å². The first-order chi connectivity index (χ1) is 7.13. The smallest absolute Gasteiger partial charge is 0.201 e. The van der Waals surface area contributed by atoms with E-state index in [2.05, 4.69) is 0 Å². The van der Waals surface area contributed by atoms with Gasteiger partial charge in [0.1, 0.15) is 0 Å². The molecule has 0 aliphatic heterocycles. The molecule has 0 aliphatic carbocycles. The van der Waals surface area contributed by atoms with Crippen LogP contribution in [0.2, 0.25) is 0 Å². The number of carbonyl (C=O) groups excluding carboxylic acids is 1. The molecule has 0 fully saturated rings. The average molecular weight is 210 g/mol. The maximum absolute atomic E-state index is 13.2. The van der Waals surface area contributed by atoms with E-state index in [0.29, 0.717) is 5.39 Å². The van der Waals surface area contributed by atoms with Gasteiger partial charge in [0.15, 0.2) is 22.9 Å². The minimum Gasteiger partial charge on any atom is -0.450 e. The third-order valence-corrected chi connectivity index (χ3v) is 2.17. The molecule has 0 amide bonds. The number of halogens is 2. The lowest BCUT2D eigenvalue weighted by molar-refractivity contribution is 0.0963. The van der Waals surface area contributed by atoms with Crippen LogP contribution in [0.1, 0.15) is 23.9 Å². The topological polar surface area (TPSA) is 30.2 Å². The van der Waals surface area contributed by atoms with E-state index in [1.54, 1.807) is 6.92 Å². The molecule has 0 unspecified atom stereocenters. The van der Waals surface area contributed by atoms with Crippen molar-refractivity contribution in [1.82, 2.24) is 0 Å². The summed E-state index contributed by atoms with van der Waals surface area (Å²) in [6, 6.07) is 3.81. The fourth-order valence-corrected chi connectivity index (χ4v) is 1.36. The highest BCUT2D eigenvalue weighted by Crippen LogP contribution is 2.24. The molecule has 1 heterocycles. The molecule has 1 aromatic heterocycles. The van der Waals surface area contributed by atoms with Gasteiger partial charge in [-0.05, 0) is 18.2 Å². The Kier molecular flexibility index (Phi) is 2.26. The van der Waals surface area contributed by atoms with Crippen LogP contribution in [-0.4, -0.2) is 5.78 Å². The Morgan fingerprint density at radius 1 is 1.40 bits per heavy atom. The van der Waals surface area contributed by atoms with E-state index in [4.69, 9.17) is 4.42 Å². The molecule has 0 spiro atoms. The molecule has 2 rings (SSSR count). The predicted molar refractivity (Wildman–Crippen MR) is 50.8 cm³/mol. The molecule has 0 saturated heterocycles. The van der Waals surface area contributed by atoms with Gasteiger partial charge < -0.3 is 4.42 Å². The third kappa shape index (κ3) is 1.52. The number of benzene rings is 1. The van der Waals surface area contributed by atoms with Gasteiger partial charge in [0.2, 0.25) is 5.82 Å². The van der Waals surface area contributed by atoms with Crippen molar-refractivity contribution in [3.8, 4) is 0 Å². The lowest BCUT2D eigenvalue weighted by Gasteiger charge is -1.92. The first-order valence-corrected chi connectivity index (χ1v) is 4.54. The zero-order chi connectivity index (χ0) is 11.0. The summed E-state index contributed by atoms with van der Waals surface area (Å²) in [4.78, 5) is 11.3. The SMILES string of the molecule is CCC(=O)c1cc2ccc(F)c(F)c2o1. The number of fused-ring (bicyclic) bond motifs is 1. The number of ketones is 1. The second kappa shape index (κ2) is 3.46. The summed E-state index contributed by atoms with van der Waals surface area (Å²) in [6.45, 7) is 1.67. The summed E-state index contributed by atoms with van der Waals surface area (Å²) >= 11 is 0. The maximum atomic E-state index is 13.2. The van der Waals surface area contributed by atoms with Crippen molar-refractivity contribution in [3.63, 3.8) is 0 Å². The Balaban J connectivity index is 2.66. The molecule has 1 aromatic carbocycles. The van der Waals surface area contributed by atoms with E-state index in [1.165, 1.54) is 12.1 Å². The van der Waals surface area contributed by atoms with Crippen LogP contribution >= 0.6 is 0 Å². The van der Waals surface area contributed by atoms with E-state index < -0.39 is 11.6 Å². The number of hydrogen-bond donors (Lipinski definition) is 0. The van der Waals surface area contributed by atoms with Gasteiger partial charge in [-0.15, -0.1) is 0 Å². The average Bonchev–Trinajstić information content (AvgIpc) is 2.67. The van der Waals surface area contributed by atoms with Crippen LogP contribution < -0.4 is 0 Å². The van der Waals surface area contributed by atoms with E-state index in [-0.39, 0.29) is 23.5 Å². The highest BCUT2D eigenvalue weighted by atomic mass is 19.2. The number of carbonyl (C=O) groups is 1. The Bertz CT molecular complexity index is 529. The van der Waals surface area contributed by atoms with Crippen molar-refractivity contribution >= 4 is 16.8 Å². The fraction of sp³-hybridized carbons (Fsp3) is 0.182. The molecule has 0 atom stereocenters. The van der Waals surface area contributed by atoms with Gasteiger partial charge in [-0.2, -0.15) is 4.39 Å². The van der Waals surface area contributed by atoms with E-state index in [9.17, 15) is 13.6 Å². The normalized spacial score (nSPS) is 10.9. The van der Waals surface area contributed by atoms with Gasteiger partial charge in [0, 0.05) is 11.8 Å². The van der Waals surface area contributed by atoms with Crippen LogP contribution in [0.15, 0.2) is 22.6 Å². The molecule has 2 nitrogen and oxygen atoms in total. The van der Waals surface area contributed by atoms with Gasteiger partial charge >= 0.3 is 0 Å². The number of rotatable bonds is 2. The lowest BCUT2D eigenvalue weighted by Crippen LogP contribution is -1.92. The molecular formula is C11H8F2O2. The van der Waals surface area contributed by atoms with Crippen molar-refractivity contribution in [3.05, 3.63) is 35.6 Å². The van der Waals surface area contributed by atoms with Crippen LogP contribution in [0, 0.1) is 11.6 Å². The summed E-state index contributed by atoms with van der Waals surface area (Å²) in [5, 5.41) is 0.394. The third-order valence-electron chi connectivity index (χ3n) is 2.17. The first-order valence-electron chi connectivity index (χ1n) is 4.54. The molecule has 4 heteroatoms. The van der Waals surface area contributed by atoms with Crippen LogP contribution in [0.5, 0.6) is 0 Å². The summed E-state index contributed by atoms with van der Waals surface area (Å²) in [5.41, 5.74) is -0.202. The second-order valence-corrected chi connectivity index (χ2v) is 3.17. The molecule has 0 radical (unpaired) electrons. The molecule has 0 bridgehead atoms. The Hall–Kier alpha value is -1.71. The second-order valence-electron chi connectivity index (χ2n) is 3.17. The predicted octanol–water partition coefficient (Wildman–Crippen LogP) is 3.30. The van der Waals surface area contributed by atoms with Gasteiger partial charge in [0.05, 0.1) is 0 Å². The minimum absolute atomic E-state index is 0.0667. The van der Waals surface area contributed by atoms with Gasteiger partial charge in [-0.1, -0.05) is 6.92 Å². The monoisotopic (exact) mass is 210 g/mol. The number of Topliss-reactive ketones (excluding diaryl/α,β-unsaturated/α-hetero) is 1. The minimum atomic E-state index is -1.05. The molecule has 0 aliphatic rings. The van der Waals surface area contributed by atoms with Crippen molar-refractivity contribution in [2.24, 2.45) is 0 Å². The molecule has 2 aromatic rings. The number of hydrogen-bond acceptors (Lipinski definition) is 2. The Morgan fingerprint density at radius 3 is 2.80 bits per heavy atom. The van der Waals surface area contributed by atoms with E-state index in [0.717, 1.165) is 6.07 Å². The highest BCUT2D eigenvalue weighted by Gasteiger charge is 2.15. The molecule has 15 heavy (non-hydrogen) atoms. The highest BCUT2D eigenvalue weighted by molar-refractivity contribution is 5.97. The fourth-order valence-electron chi connectivity index (χ4n) is 1.36.